The van der Waals surface area contributed by atoms with Crippen molar-refractivity contribution in [3.05, 3.63) is 23.2 Å². The van der Waals surface area contributed by atoms with Gasteiger partial charge in [-0.3, -0.25) is 0 Å². The fraction of sp³-hybridized carbons (Fsp3) is 0.611. The van der Waals surface area contributed by atoms with Crippen LogP contribution in [0.1, 0.15) is 35.7 Å². The molecule has 27 heavy (non-hydrogen) atoms. The quantitative estimate of drug-likeness (QED) is 0.471. The van der Waals surface area contributed by atoms with E-state index >= 15 is 0 Å². The number of guanidine groups is 1. The molecule has 1 aromatic heterocycles. The van der Waals surface area contributed by atoms with Gasteiger partial charge >= 0.3 is 12.1 Å². The fourth-order valence-corrected chi connectivity index (χ4v) is 2.83. The Balaban J connectivity index is 2.01. The molecule has 1 amide bonds. The van der Waals surface area contributed by atoms with Crippen molar-refractivity contribution in [2.45, 2.75) is 27.3 Å². The highest BCUT2D eigenvalue weighted by Gasteiger charge is 2.24. The second-order valence-corrected chi connectivity index (χ2v) is 6.02. The number of amides is 1. The summed E-state index contributed by atoms with van der Waals surface area (Å²) >= 11 is 0. The molecule has 0 atom stereocenters. The van der Waals surface area contributed by atoms with Gasteiger partial charge in [-0.2, -0.15) is 0 Å². The number of hydrogen-bond donors (Lipinski definition) is 1. The second kappa shape index (κ2) is 9.84. The van der Waals surface area contributed by atoms with Crippen LogP contribution in [0.15, 0.2) is 15.5 Å². The van der Waals surface area contributed by atoms with Gasteiger partial charge in [-0.25, -0.2) is 14.6 Å². The van der Waals surface area contributed by atoms with E-state index in [0.29, 0.717) is 56.4 Å². The summed E-state index contributed by atoms with van der Waals surface area (Å²) in [4.78, 5) is 31.9. The highest BCUT2D eigenvalue weighted by Crippen LogP contribution is 2.16. The lowest BCUT2D eigenvalue weighted by Crippen LogP contribution is -2.53. The Bertz CT molecular complexity index is 677. The van der Waals surface area contributed by atoms with Crippen molar-refractivity contribution in [3.8, 4) is 0 Å². The van der Waals surface area contributed by atoms with Crippen LogP contribution in [0.5, 0.6) is 0 Å². The van der Waals surface area contributed by atoms with Gasteiger partial charge in [0.15, 0.2) is 5.96 Å². The minimum absolute atomic E-state index is 0.277. The zero-order valence-corrected chi connectivity index (χ0v) is 16.4. The van der Waals surface area contributed by atoms with Crippen LogP contribution in [0, 0.1) is 6.92 Å². The lowest BCUT2D eigenvalue weighted by molar-refractivity contribution is 0.0598. The van der Waals surface area contributed by atoms with E-state index < -0.39 is 5.97 Å². The van der Waals surface area contributed by atoms with E-state index in [9.17, 15) is 9.59 Å². The first-order valence-corrected chi connectivity index (χ1v) is 9.12. The maximum atomic E-state index is 11.8. The number of hydrogen-bond acceptors (Lipinski definition) is 6. The number of furan rings is 1. The Morgan fingerprint density at radius 2 is 1.89 bits per heavy atom. The maximum Gasteiger partial charge on any atom is 0.409 e. The number of nitrogens with one attached hydrogen (secondary N) is 1. The molecular weight excluding hydrogens is 352 g/mol. The van der Waals surface area contributed by atoms with E-state index in [1.807, 2.05) is 6.92 Å². The third-order valence-corrected chi connectivity index (χ3v) is 4.20. The van der Waals surface area contributed by atoms with Gasteiger partial charge in [0, 0.05) is 32.7 Å². The van der Waals surface area contributed by atoms with E-state index in [2.05, 4.69) is 15.2 Å². The van der Waals surface area contributed by atoms with Crippen molar-refractivity contribution >= 4 is 18.0 Å². The largest absolute Gasteiger partial charge is 0.465 e. The van der Waals surface area contributed by atoms with E-state index in [0.717, 1.165) is 12.5 Å². The number of nitrogens with zero attached hydrogens (tertiary/aromatic N) is 3. The summed E-state index contributed by atoms with van der Waals surface area (Å²) in [6, 6.07) is 1.66. The van der Waals surface area contributed by atoms with Crippen molar-refractivity contribution < 1.29 is 23.5 Å². The fourth-order valence-electron chi connectivity index (χ4n) is 2.83. The molecule has 1 N–H and O–H groups in total. The van der Waals surface area contributed by atoms with E-state index in [1.165, 1.54) is 7.11 Å². The number of aryl methyl sites for hydroxylation is 1. The number of piperazine rings is 1. The van der Waals surface area contributed by atoms with E-state index in [1.54, 1.807) is 24.8 Å². The topological polar surface area (TPSA) is 96.6 Å². The number of ether oxygens (including phenoxy) is 2. The Morgan fingerprint density at radius 3 is 2.48 bits per heavy atom. The summed E-state index contributed by atoms with van der Waals surface area (Å²) in [5, 5.41) is 3.26. The van der Waals surface area contributed by atoms with Crippen molar-refractivity contribution in [1.82, 2.24) is 15.1 Å². The van der Waals surface area contributed by atoms with Gasteiger partial charge < -0.3 is 29.0 Å². The molecule has 0 unspecified atom stereocenters. The van der Waals surface area contributed by atoms with Crippen LogP contribution in [-0.2, 0) is 16.0 Å². The monoisotopic (exact) mass is 380 g/mol. The Hall–Kier alpha value is -2.71. The first kappa shape index (κ1) is 20.6. The van der Waals surface area contributed by atoms with Gasteiger partial charge in [0.2, 0.25) is 0 Å². The number of esters is 1. The lowest BCUT2D eigenvalue weighted by atomic mass is 10.2. The average molecular weight is 380 g/mol. The van der Waals surface area contributed by atoms with Crippen molar-refractivity contribution in [3.63, 3.8) is 0 Å². The molecule has 0 aliphatic carbocycles. The number of methoxy groups -OCH3 is 1. The highest BCUT2D eigenvalue weighted by molar-refractivity contribution is 5.90. The molecule has 0 radical (unpaired) electrons. The molecule has 150 valence electrons. The summed E-state index contributed by atoms with van der Waals surface area (Å²) in [5.41, 5.74) is 0.413. The van der Waals surface area contributed by atoms with Gasteiger partial charge in [-0.05, 0) is 26.8 Å². The minimum atomic E-state index is -0.423. The second-order valence-electron chi connectivity index (χ2n) is 6.02. The lowest BCUT2D eigenvalue weighted by Gasteiger charge is -2.35. The summed E-state index contributed by atoms with van der Waals surface area (Å²) in [5.74, 6) is 1.43. The molecule has 0 bridgehead atoms. The summed E-state index contributed by atoms with van der Waals surface area (Å²) in [7, 11) is 1.34. The first-order chi connectivity index (χ1) is 13.0. The molecule has 1 saturated heterocycles. The van der Waals surface area contributed by atoms with Crippen LogP contribution >= 0.6 is 0 Å². The van der Waals surface area contributed by atoms with Gasteiger partial charge in [0.25, 0.3) is 0 Å². The molecule has 2 rings (SSSR count). The predicted octanol–water partition coefficient (Wildman–Crippen LogP) is 1.61. The van der Waals surface area contributed by atoms with Crippen molar-refractivity contribution in [1.29, 1.82) is 0 Å². The van der Waals surface area contributed by atoms with Crippen LogP contribution in [0.25, 0.3) is 0 Å². The molecule has 0 saturated carbocycles. The third kappa shape index (κ3) is 5.38. The average Bonchev–Trinajstić information content (AvgIpc) is 3.05. The summed E-state index contributed by atoms with van der Waals surface area (Å²) < 4.78 is 15.4. The summed E-state index contributed by atoms with van der Waals surface area (Å²) in [6.45, 7) is 9.40. The van der Waals surface area contributed by atoms with E-state index in [4.69, 9.17) is 13.9 Å². The molecule has 2 heterocycles. The molecule has 9 heteroatoms. The molecular formula is C18H28N4O5. The Labute approximate surface area is 159 Å². The molecule has 1 aliphatic heterocycles. The normalized spacial score (nSPS) is 14.9. The summed E-state index contributed by atoms with van der Waals surface area (Å²) in [6.07, 6.45) is -0.277. The molecule has 1 fully saturated rings. The van der Waals surface area contributed by atoms with Crippen LogP contribution in [0.3, 0.4) is 0 Å². The Kier molecular flexibility index (Phi) is 7.51. The van der Waals surface area contributed by atoms with Gasteiger partial charge in [-0.15, -0.1) is 0 Å². The minimum Gasteiger partial charge on any atom is -0.465 e. The molecule has 9 nitrogen and oxygen atoms in total. The van der Waals surface area contributed by atoms with Crippen molar-refractivity contribution in [2.75, 3.05) is 46.4 Å². The smallest absolute Gasteiger partial charge is 0.409 e. The molecule has 1 aliphatic rings. The van der Waals surface area contributed by atoms with Gasteiger partial charge in [0.05, 0.1) is 13.7 Å². The molecule has 0 aromatic carbocycles. The van der Waals surface area contributed by atoms with Crippen LogP contribution in [0.4, 0.5) is 4.79 Å². The van der Waals surface area contributed by atoms with Gasteiger partial charge in [0.1, 0.15) is 23.6 Å². The van der Waals surface area contributed by atoms with Crippen LogP contribution in [0.2, 0.25) is 0 Å². The predicted molar refractivity (Wildman–Crippen MR) is 99.8 cm³/mol. The number of aliphatic imine (C=N–C) groups is 1. The highest BCUT2D eigenvalue weighted by atomic mass is 16.6. The third-order valence-electron chi connectivity index (χ3n) is 4.20. The molecule has 0 spiro atoms. The van der Waals surface area contributed by atoms with Gasteiger partial charge in [-0.1, -0.05) is 0 Å². The standard InChI is InChI=1S/C18H28N4O5/c1-5-19-17(21-7-9-22(10-8-21)18(24)26-6-2)20-12-14-11-15(13(3)27-14)16(23)25-4/h11H,5-10,12H2,1-4H3,(H,19,20). The zero-order valence-electron chi connectivity index (χ0n) is 16.4. The number of carbonyl (C=O) groups excluding carboxylic acids is 2. The van der Waals surface area contributed by atoms with E-state index in [-0.39, 0.29) is 6.09 Å². The first-order valence-electron chi connectivity index (χ1n) is 9.12. The molecule has 1 aromatic rings. The SMILES string of the molecule is CCNC(=NCc1cc(C(=O)OC)c(C)o1)N1CCN(C(=O)OCC)CC1. The zero-order chi connectivity index (χ0) is 19.8. The maximum absolute atomic E-state index is 11.8. The van der Waals surface area contributed by atoms with Crippen LogP contribution in [-0.4, -0.2) is 74.3 Å². The Morgan fingerprint density at radius 1 is 1.22 bits per heavy atom. The van der Waals surface area contributed by atoms with Crippen LogP contribution < -0.4 is 5.32 Å². The number of rotatable bonds is 5. The number of carbonyl (C=O) groups is 2. The van der Waals surface area contributed by atoms with Crippen molar-refractivity contribution in [2.24, 2.45) is 4.99 Å².